The SMILES string of the molecule is CSc1ccc(OCC(O)CSc2nnc(-c3cnccn3)n2C)cc1. The third-order valence-electron chi connectivity index (χ3n) is 3.53. The molecule has 136 valence electrons. The maximum Gasteiger partial charge on any atom is 0.191 e. The number of ether oxygens (including phenoxy) is 1. The zero-order valence-electron chi connectivity index (χ0n) is 14.4. The fraction of sp³-hybridized carbons (Fsp3) is 0.294. The molecule has 26 heavy (non-hydrogen) atoms. The zero-order valence-corrected chi connectivity index (χ0v) is 16.1. The van der Waals surface area contributed by atoms with E-state index in [1.165, 1.54) is 16.7 Å². The molecule has 2 aromatic heterocycles. The standard InChI is InChI=1S/C17H19N5O2S2/c1-22-16(15-9-18-7-8-19-15)20-21-17(22)26-11-12(23)10-24-13-3-5-14(25-2)6-4-13/h3-9,12,23H,10-11H2,1-2H3. The number of aliphatic hydroxyl groups excluding tert-OH is 1. The van der Waals surface area contributed by atoms with Crippen molar-refractivity contribution in [2.24, 2.45) is 7.05 Å². The van der Waals surface area contributed by atoms with Gasteiger partial charge in [-0.3, -0.25) is 4.98 Å². The number of thioether (sulfide) groups is 2. The summed E-state index contributed by atoms with van der Waals surface area (Å²) in [6.07, 6.45) is 6.28. The molecule has 1 N–H and O–H groups in total. The van der Waals surface area contributed by atoms with Crippen molar-refractivity contribution in [2.75, 3.05) is 18.6 Å². The number of nitrogens with zero attached hydrogens (tertiary/aromatic N) is 5. The summed E-state index contributed by atoms with van der Waals surface area (Å²) >= 11 is 3.10. The fourth-order valence-electron chi connectivity index (χ4n) is 2.16. The summed E-state index contributed by atoms with van der Waals surface area (Å²) in [5, 5.41) is 19.2. The maximum atomic E-state index is 10.2. The van der Waals surface area contributed by atoms with E-state index in [4.69, 9.17) is 4.74 Å². The normalized spacial score (nSPS) is 12.1. The average molecular weight is 390 g/mol. The van der Waals surface area contributed by atoms with Crippen LogP contribution in [0.4, 0.5) is 0 Å². The molecule has 0 radical (unpaired) electrons. The second kappa shape index (κ2) is 9.02. The number of hydrogen-bond acceptors (Lipinski definition) is 8. The predicted octanol–water partition coefficient (Wildman–Crippen LogP) is 2.53. The Kier molecular flexibility index (Phi) is 6.48. The number of aromatic nitrogens is 5. The van der Waals surface area contributed by atoms with E-state index in [1.807, 2.05) is 42.1 Å². The summed E-state index contributed by atoms with van der Waals surface area (Å²) in [6.45, 7) is 0.223. The van der Waals surface area contributed by atoms with E-state index in [-0.39, 0.29) is 6.61 Å². The Labute approximate surface area is 160 Å². The lowest BCUT2D eigenvalue weighted by Crippen LogP contribution is -2.20. The van der Waals surface area contributed by atoms with Crippen molar-refractivity contribution in [1.82, 2.24) is 24.7 Å². The molecule has 1 aromatic carbocycles. The molecule has 0 aliphatic heterocycles. The van der Waals surface area contributed by atoms with Crippen molar-refractivity contribution < 1.29 is 9.84 Å². The molecule has 0 amide bonds. The van der Waals surface area contributed by atoms with E-state index in [1.54, 1.807) is 30.4 Å². The third kappa shape index (κ3) is 4.75. The summed E-state index contributed by atoms with van der Waals surface area (Å²) in [7, 11) is 1.86. The van der Waals surface area contributed by atoms with Crippen molar-refractivity contribution in [3.8, 4) is 17.3 Å². The van der Waals surface area contributed by atoms with Crippen LogP contribution in [0, 0.1) is 0 Å². The van der Waals surface area contributed by atoms with Gasteiger partial charge in [0.2, 0.25) is 0 Å². The summed E-state index contributed by atoms with van der Waals surface area (Å²) in [4.78, 5) is 9.44. The Hall–Kier alpha value is -2.10. The first-order valence-electron chi connectivity index (χ1n) is 7.91. The second-order valence-electron chi connectivity index (χ2n) is 5.41. The van der Waals surface area contributed by atoms with Gasteiger partial charge >= 0.3 is 0 Å². The van der Waals surface area contributed by atoms with Crippen LogP contribution in [0.2, 0.25) is 0 Å². The van der Waals surface area contributed by atoms with Gasteiger partial charge in [0.25, 0.3) is 0 Å². The quantitative estimate of drug-likeness (QED) is 0.588. The summed E-state index contributed by atoms with van der Waals surface area (Å²) < 4.78 is 7.46. The van der Waals surface area contributed by atoms with Crippen LogP contribution in [0.25, 0.3) is 11.5 Å². The molecule has 1 unspecified atom stereocenters. The Morgan fingerprint density at radius 2 is 2.00 bits per heavy atom. The minimum Gasteiger partial charge on any atom is -0.491 e. The fourth-order valence-corrected chi connectivity index (χ4v) is 3.39. The number of aliphatic hydroxyl groups is 1. The molecule has 0 aliphatic rings. The maximum absolute atomic E-state index is 10.2. The van der Waals surface area contributed by atoms with Crippen LogP contribution in [0.15, 0.2) is 52.9 Å². The molecule has 0 saturated carbocycles. The summed E-state index contributed by atoms with van der Waals surface area (Å²) in [6, 6.07) is 7.80. The number of hydrogen-bond donors (Lipinski definition) is 1. The molecule has 0 saturated heterocycles. The largest absolute Gasteiger partial charge is 0.491 e. The smallest absolute Gasteiger partial charge is 0.191 e. The van der Waals surface area contributed by atoms with Crippen molar-refractivity contribution in [3.63, 3.8) is 0 Å². The second-order valence-corrected chi connectivity index (χ2v) is 7.27. The molecule has 0 aliphatic carbocycles. The van der Waals surface area contributed by atoms with E-state index in [9.17, 15) is 5.11 Å². The van der Waals surface area contributed by atoms with E-state index in [0.29, 0.717) is 22.4 Å². The Morgan fingerprint density at radius 1 is 1.19 bits per heavy atom. The predicted molar refractivity (Wildman–Crippen MR) is 102 cm³/mol. The minimum absolute atomic E-state index is 0.223. The van der Waals surface area contributed by atoms with Gasteiger partial charge in [0.1, 0.15) is 18.1 Å². The van der Waals surface area contributed by atoms with Gasteiger partial charge < -0.3 is 14.4 Å². The van der Waals surface area contributed by atoms with Crippen molar-refractivity contribution in [3.05, 3.63) is 42.9 Å². The molecule has 0 spiro atoms. The molecule has 3 aromatic rings. The monoisotopic (exact) mass is 389 g/mol. The van der Waals surface area contributed by atoms with Gasteiger partial charge in [0.05, 0.1) is 12.3 Å². The average Bonchev–Trinajstić information content (AvgIpc) is 3.06. The highest BCUT2D eigenvalue weighted by atomic mass is 32.2. The summed E-state index contributed by atoms with van der Waals surface area (Å²) in [5.41, 5.74) is 0.659. The highest BCUT2D eigenvalue weighted by Gasteiger charge is 2.14. The zero-order chi connectivity index (χ0) is 18.4. The van der Waals surface area contributed by atoms with Gasteiger partial charge in [0, 0.05) is 30.1 Å². The van der Waals surface area contributed by atoms with E-state index < -0.39 is 6.10 Å². The lowest BCUT2D eigenvalue weighted by molar-refractivity contribution is 0.126. The van der Waals surface area contributed by atoms with Gasteiger partial charge in [-0.1, -0.05) is 11.8 Å². The van der Waals surface area contributed by atoms with Gasteiger partial charge in [0.15, 0.2) is 11.0 Å². The molecule has 1 atom stereocenters. The van der Waals surface area contributed by atoms with Gasteiger partial charge in [-0.05, 0) is 30.5 Å². The van der Waals surface area contributed by atoms with Crippen LogP contribution >= 0.6 is 23.5 Å². The van der Waals surface area contributed by atoms with Crippen LogP contribution in [-0.2, 0) is 7.05 Å². The van der Waals surface area contributed by atoms with Crippen LogP contribution in [-0.4, -0.2) is 54.6 Å². The van der Waals surface area contributed by atoms with Crippen LogP contribution in [0.1, 0.15) is 0 Å². The topological polar surface area (TPSA) is 85.9 Å². The van der Waals surface area contributed by atoms with Gasteiger partial charge in [-0.25, -0.2) is 4.98 Å². The Morgan fingerprint density at radius 3 is 2.69 bits per heavy atom. The highest BCUT2D eigenvalue weighted by Crippen LogP contribution is 2.22. The number of rotatable bonds is 8. The van der Waals surface area contributed by atoms with Gasteiger partial charge in [-0.2, -0.15) is 0 Å². The molecular formula is C17H19N5O2S2. The van der Waals surface area contributed by atoms with Crippen LogP contribution < -0.4 is 4.74 Å². The first-order valence-corrected chi connectivity index (χ1v) is 10.1. The van der Waals surface area contributed by atoms with Crippen molar-refractivity contribution in [2.45, 2.75) is 16.2 Å². The molecule has 0 fully saturated rings. The lowest BCUT2D eigenvalue weighted by Gasteiger charge is -2.12. The molecule has 2 heterocycles. The molecule has 3 rings (SSSR count). The Balaban J connectivity index is 1.51. The molecular weight excluding hydrogens is 370 g/mol. The first kappa shape index (κ1) is 18.7. The molecule has 7 nitrogen and oxygen atoms in total. The third-order valence-corrected chi connectivity index (χ3v) is 5.44. The summed E-state index contributed by atoms with van der Waals surface area (Å²) in [5.74, 6) is 1.84. The van der Waals surface area contributed by atoms with Crippen LogP contribution in [0.3, 0.4) is 0 Å². The van der Waals surface area contributed by atoms with E-state index >= 15 is 0 Å². The van der Waals surface area contributed by atoms with E-state index in [2.05, 4.69) is 20.2 Å². The first-order chi connectivity index (χ1) is 12.7. The molecule has 0 bridgehead atoms. The minimum atomic E-state index is -0.614. The van der Waals surface area contributed by atoms with E-state index in [0.717, 1.165) is 5.75 Å². The van der Waals surface area contributed by atoms with Crippen LogP contribution in [0.5, 0.6) is 5.75 Å². The Bertz CT molecular complexity index is 827. The van der Waals surface area contributed by atoms with Crippen molar-refractivity contribution >= 4 is 23.5 Å². The highest BCUT2D eigenvalue weighted by molar-refractivity contribution is 7.99. The molecule has 9 heteroatoms. The lowest BCUT2D eigenvalue weighted by atomic mass is 10.3. The number of benzene rings is 1. The van der Waals surface area contributed by atoms with Crippen molar-refractivity contribution in [1.29, 1.82) is 0 Å². The van der Waals surface area contributed by atoms with Gasteiger partial charge in [-0.15, -0.1) is 22.0 Å².